The van der Waals surface area contributed by atoms with Crippen LogP contribution in [0, 0.1) is 5.82 Å². The summed E-state index contributed by atoms with van der Waals surface area (Å²) in [5, 5.41) is 11.8. The van der Waals surface area contributed by atoms with E-state index >= 15 is 0 Å². The maximum absolute atomic E-state index is 13.2. The van der Waals surface area contributed by atoms with Gasteiger partial charge in [-0.25, -0.2) is 13.2 Å². The van der Waals surface area contributed by atoms with E-state index in [0.717, 1.165) is 0 Å². The molecule has 0 aliphatic rings. The number of rotatable bonds is 8. The molecule has 1 aromatic carbocycles. The average molecular weight is 263 g/mol. The minimum Gasteiger partial charge on any atom is -0.389 e. The molecule has 0 aliphatic carbocycles. The number of hydrogen-bond acceptors (Lipinski definition) is 3. The Kier molecular flexibility index (Phi) is 6.70. The number of ether oxygens (including phenoxy) is 1. The molecule has 0 fully saturated rings. The molecule has 0 heterocycles. The molecule has 0 amide bonds. The van der Waals surface area contributed by atoms with E-state index in [1.807, 2.05) is 0 Å². The highest BCUT2D eigenvalue weighted by molar-refractivity contribution is 5.16. The fourth-order valence-electron chi connectivity index (χ4n) is 1.34. The Labute approximate surface area is 104 Å². The van der Waals surface area contributed by atoms with Crippen molar-refractivity contribution >= 4 is 0 Å². The second-order valence-corrected chi connectivity index (χ2v) is 3.81. The van der Waals surface area contributed by atoms with Gasteiger partial charge in [-0.15, -0.1) is 0 Å². The Morgan fingerprint density at radius 3 is 2.61 bits per heavy atom. The Hall–Kier alpha value is -1.11. The first-order chi connectivity index (χ1) is 8.59. The zero-order chi connectivity index (χ0) is 13.4. The van der Waals surface area contributed by atoms with E-state index in [4.69, 9.17) is 4.74 Å². The fourth-order valence-corrected chi connectivity index (χ4v) is 1.34. The molecule has 2 N–H and O–H groups in total. The van der Waals surface area contributed by atoms with Crippen molar-refractivity contribution in [2.45, 2.75) is 19.1 Å². The fraction of sp³-hybridized carbons (Fsp3) is 0.500. The summed E-state index contributed by atoms with van der Waals surface area (Å²) in [6.07, 6.45) is -3.34. The van der Waals surface area contributed by atoms with E-state index in [9.17, 15) is 18.3 Å². The van der Waals surface area contributed by atoms with Crippen molar-refractivity contribution in [2.24, 2.45) is 0 Å². The summed E-state index contributed by atoms with van der Waals surface area (Å²) < 4.78 is 41.8. The van der Waals surface area contributed by atoms with Crippen molar-refractivity contribution < 1.29 is 23.0 Å². The van der Waals surface area contributed by atoms with Gasteiger partial charge in [-0.05, 0) is 6.07 Å². The molecule has 6 heteroatoms. The molecule has 0 radical (unpaired) electrons. The molecule has 1 unspecified atom stereocenters. The van der Waals surface area contributed by atoms with Gasteiger partial charge < -0.3 is 15.2 Å². The first-order valence-electron chi connectivity index (χ1n) is 5.57. The van der Waals surface area contributed by atoms with Crippen LogP contribution in [0.5, 0.6) is 0 Å². The summed E-state index contributed by atoms with van der Waals surface area (Å²) in [6, 6.07) is 6.15. The number of hydrogen-bond donors (Lipinski definition) is 2. The van der Waals surface area contributed by atoms with E-state index in [2.05, 4.69) is 5.32 Å². The SMILES string of the molecule is OC(CNCC(F)F)COCc1ccccc1F. The standard InChI is InChI=1S/C12H16F3NO2/c13-11-4-2-1-3-9(11)7-18-8-10(17)5-16-6-12(14)15/h1-4,10,12,16-17H,5-8H2. The highest BCUT2D eigenvalue weighted by Gasteiger charge is 2.07. The van der Waals surface area contributed by atoms with Gasteiger partial charge in [0.05, 0.1) is 25.9 Å². The van der Waals surface area contributed by atoms with Crippen molar-refractivity contribution in [2.75, 3.05) is 19.7 Å². The number of halogens is 3. The molecule has 0 aliphatic heterocycles. The largest absolute Gasteiger partial charge is 0.389 e. The molecular weight excluding hydrogens is 247 g/mol. The van der Waals surface area contributed by atoms with E-state index in [1.54, 1.807) is 18.2 Å². The zero-order valence-electron chi connectivity index (χ0n) is 9.78. The number of aliphatic hydroxyl groups excluding tert-OH is 1. The maximum Gasteiger partial charge on any atom is 0.250 e. The second-order valence-electron chi connectivity index (χ2n) is 3.81. The minimum atomic E-state index is -2.45. The number of aliphatic hydroxyl groups is 1. The van der Waals surface area contributed by atoms with Gasteiger partial charge in [0.15, 0.2) is 0 Å². The van der Waals surface area contributed by atoms with Gasteiger partial charge in [-0.3, -0.25) is 0 Å². The van der Waals surface area contributed by atoms with Crippen LogP contribution in [0.1, 0.15) is 5.56 Å². The van der Waals surface area contributed by atoms with Gasteiger partial charge in [0.1, 0.15) is 5.82 Å². The molecule has 0 bridgehead atoms. The van der Waals surface area contributed by atoms with E-state index in [1.165, 1.54) is 6.07 Å². The highest BCUT2D eigenvalue weighted by atomic mass is 19.3. The molecule has 0 spiro atoms. The zero-order valence-corrected chi connectivity index (χ0v) is 9.78. The van der Waals surface area contributed by atoms with Gasteiger partial charge in [-0.2, -0.15) is 0 Å². The van der Waals surface area contributed by atoms with Crippen molar-refractivity contribution in [1.29, 1.82) is 0 Å². The Morgan fingerprint density at radius 2 is 1.94 bits per heavy atom. The molecule has 0 saturated heterocycles. The van der Waals surface area contributed by atoms with Crippen LogP contribution in [0.3, 0.4) is 0 Å². The topological polar surface area (TPSA) is 41.5 Å². The lowest BCUT2D eigenvalue weighted by molar-refractivity contribution is 0.0257. The Balaban J connectivity index is 2.15. The normalized spacial score (nSPS) is 12.9. The molecule has 0 aromatic heterocycles. The number of benzene rings is 1. The van der Waals surface area contributed by atoms with E-state index in [0.29, 0.717) is 5.56 Å². The maximum atomic E-state index is 13.2. The lowest BCUT2D eigenvalue weighted by Crippen LogP contribution is -2.33. The van der Waals surface area contributed by atoms with Crippen LogP contribution in [-0.2, 0) is 11.3 Å². The van der Waals surface area contributed by atoms with E-state index in [-0.39, 0.29) is 25.6 Å². The highest BCUT2D eigenvalue weighted by Crippen LogP contribution is 2.07. The number of alkyl halides is 2. The van der Waals surface area contributed by atoms with Crippen LogP contribution in [0.15, 0.2) is 24.3 Å². The number of nitrogens with one attached hydrogen (secondary N) is 1. The Bertz CT molecular complexity index is 350. The predicted molar refractivity (Wildman–Crippen MR) is 60.9 cm³/mol. The van der Waals surface area contributed by atoms with Gasteiger partial charge in [0, 0.05) is 12.1 Å². The van der Waals surface area contributed by atoms with Gasteiger partial charge in [-0.1, -0.05) is 18.2 Å². The molecule has 1 atom stereocenters. The lowest BCUT2D eigenvalue weighted by atomic mass is 10.2. The summed E-state index contributed by atoms with van der Waals surface area (Å²) in [6.45, 7) is -0.449. The first-order valence-corrected chi connectivity index (χ1v) is 5.57. The van der Waals surface area contributed by atoms with Crippen LogP contribution >= 0.6 is 0 Å². The Morgan fingerprint density at radius 1 is 1.22 bits per heavy atom. The second kappa shape index (κ2) is 8.07. The summed E-state index contributed by atoms with van der Waals surface area (Å²) >= 11 is 0. The van der Waals surface area contributed by atoms with Crippen molar-refractivity contribution in [1.82, 2.24) is 5.32 Å². The summed E-state index contributed by atoms with van der Waals surface area (Å²) in [7, 11) is 0. The lowest BCUT2D eigenvalue weighted by Gasteiger charge is -2.12. The summed E-state index contributed by atoms with van der Waals surface area (Å²) in [5.41, 5.74) is 0.394. The third-order valence-corrected chi connectivity index (χ3v) is 2.20. The summed E-state index contributed by atoms with van der Waals surface area (Å²) in [5.74, 6) is -0.372. The van der Waals surface area contributed by atoms with Crippen molar-refractivity contribution in [3.05, 3.63) is 35.6 Å². The minimum absolute atomic E-state index is 0.0155. The van der Waals surface area contributed by atoms with Gasteiger partial charge in [0.25, 0.3) is 6.43 Å². The van der Waals surface area contributed by atoms with Crippen LogP contribution < -0.4 is 5.32 Å². The molecule has 0 saturated carbocycles. The first kappa shape index (κ1) is 14.9. The predicted octanol–water partition coefficient (Wildman–Crippen LogP) is 1.56. The third kappa shape index (κ3) is 6.00. The van der Waals surface area contributed by atoms with Crippen molar-refractivity contribution in [3.8, 4) is 0 Å². The monoisotopic (exact) mass is 263 g/mol. The molecule has 18 heavy (non-hydrogen) atoms. The molecule has 3 nitrogen and oxygen atoms in total. The van der Waals surface area contributed by atoms with Crippen LogP contribution in [0.4, 0.5) is 13.2 Å². The van der Waals surface area contributed by atoms with Gasteiger partial charge >= 0.3 is 0 Å². The van der Waals surface area contributed by atoms with Crippen molar-refractivity contribution in [3.63, 3.8) is 0 Å². The average Bonchev–Trinajstić information content (AvgIpc) is 2.31. The molecular formula is C12H16F3NO2. The van der Waals surface area contributed by atoms with Gasteiger partial charge in [0.2, 0.25) is 0 Å². The quantitative estimate of drug-likeness (QED) is 0.748. The summed E-state index contributed by atoms with van der Waals surface area (Å²) in [4.78, 5) is 0. The molecule has 1 aromatic rings. The molecule has 102 valence electrons. The smallest absolute Gasteiger partial charge is 0.250 e. The van der Waals surface area contributed by atoms with Crippen LogP contribution in [-0.4, -0.2) is 37.3 Å². The van der Waals surface area contributed by atoms with Crippen LogP contribution in [0.25, 0.3) is 0 Å². The van der Waals surface area contributed by atoms with Crippen LogP contribution in [0.2, 0.25) is 0 Å². The van der Waals surface area contributed by atoms with E-state index < -0.39 is 19.1 Å². The third-order valence-electron chi connectivity index (χ3n) is 2.20. The molecule has 1 rings (SSSR count).